The van der Waals surface area contributed by atoms with Crippen LogP contribution < -0.4 is 5.32 Å². The van der Waals surface area contributed by atoms with Crippen LogP contribution in [0.4, 0.5) is 0 Å². The number of hydrogen-bond donors (Lipinski definition) is 1. The average Bonchev–Trinajstić information content (AvgIpc) is 2.40. The van der Waals surface area contributed by atoms with Crippen molar-refractivity contribution in [3.8, 4) is 0 Å². The zero-order valence-electron chi connectivity index (χ0n) is 12.5. The molecule has 2 heterocycles. The van der Waals surface area contributed by atoms with Crippen LogP contribution in [0.15, 0.2) is 0 Å². The quantitative estimate of drug-likeness (QED) is 0.831. The van der Waals surface area contributed by atoms with E-state index in [0.717, 1.165) is 44.6 Å². The lowest BCUT2D eigenvalue weighted by Crippen LogP contribution is -2.44. The third-order valence-electron chi connectivity index (χ3n) is 4.57. The second kappa shape index (κ2) is 7.25. The molecule has 19 heavy (non-hydrogen) atoms. The Kier molecular flexibility index (Phi) is 5.64. The van der Waals surface area contributed by atoms with E-state index in [-0.39, 0.29) is 0 Å². The first-order chi connectivity index (χ1) is 9.15. The molecule has 0 saturated carbocycles. The van der Waals surface area contributed by atoms with Crippen LogP contribution in [0.25, 0.3) is 0 Å². The molecule has 1 amide bonds. The second-order valence-electron chi connectivity index (χ2n) is 6.45. The first-order valence-electron chi connectivity index (χ1n) is 7.82. The number of nitrogens with zero attached hydrogens (tertiary/aromatic N) is 2. The van der Waals surface area contributed by atoms with E-state index in [9.17, 15) is 4.79 Å². The standard InChI is InChI=1S/C15H29N3O/c1-13-5-9-18(10-6-13)15(19)12-17(2)11-14-3-7-16-8-4-14/h13-14,16H,3-12H2,1-2H3. The molecule has 0 bridgehead atoms. The van der Waals surface area contributed by atoms with Crippen LogP contribution in [0, 0.1) is 11.8 Å². The molecule has 1 N–H and O–H groups in total. The van der Waals surface area contributed by atoms with Crippen molar-refractivity contribution < 1.29 is 4.79 Å². The number of hydrogen-bond acceptors (Lipinski definition) is 3. The van der Waals surface area contributed by atoms with Crippen molar-refractivity contribution in [2.75, 3.05) is 46.3 Å². The fourth-order valence-corrected chi connectivity index (χ4v) is 3.16. The number of amides is 1. The summed E-state index contributed by atoms with van der Waals surface area (Å²) < 4.78 is 0. The van der Waals surface area contributed by atoms with Crippen LogP contribution in [-0.4, -0.2) is 62.0 Å². The summed E-state index contributed by atoms with van der Waals surface area (Å²) in [6.07, 6.45) is 4.84. The van der Waals surface area contributed by atoms with Gasteiger partial charge in [0.25, 0.3) is 0 Å². The fraction of sp³-hybridized carbons (Fsp3) is 0.933. The van der Waals surface area contributed by atoms with E-state index < -0.39 is 0 Å². The lowest BCUT2D eigenvalue weighted by molar-refractivity contribution is -0.133. The Balaban J connectivity index is 1.69. The van der Waals surface area contributed by atoms with Gasteiger partial charge in [0.2, 0.25) is 5.91 Å². The highest BCUT2D eigenvalue weighted by atomic mass is 16.2. The molecule has 4 heteroatoms. The molecule has 2 fully saturated rings. The molecular formula is C15H29N3O. The smallest absolute Gasteiger partial charge is 0.236 e. The number of likely N-dealkylation sites (N-methyl/N-ethyl adjacent to an activating group) is 1. The van der Waals surface area contributed by atoms with Gasteiger partial charge in [-0.25, -0.2) is 0 Å². The number of carbonyl (C=O) groups is 1. The van der Waals surface area contributed by atoms with Crippen LogP contribution in [-0.2, 0) is 4.79 Å². The fourth-order valence-electron chi connectivity index (χ4n) is 3.16. The maximum Gasteiger partial charge on any atom is 0.236 e. The second-order valence-corrected chi connectivity index (χ2v) is 6.45. The third-order valence-corrected chi connectivity index (χ3v) is 4.57. The summed E-state index contributed by atoms with van der Waals surface area (Å²) in [5.74, 6) is 1.88. The summed E-state index contributed by atoms with van der Waals surface area (Å²) in [5, 5.41) is 3.39. The number of likely N-dealkylation sites (tertiary alicyclic amines) is 1. The van der Waals surface area contributed by atoms with Crippen molar-refractivity contribution in [1.29, 1.82) is 0 Å². The van der Waals surface area contributed by atoms with E-state index in [2.05, 4.69) is 29.1 Å². The van der Waals surface area contributed by atoms with Gasteiger partial charge < -0.3 is 10.2 Å². The van der Waals surface area contributed by atoms with Gasteiger partial charge in [0.15, 0.2) is 0 Å². The molecule has 2 saturated heterocycles. The van der Waals surface area contributed by atoms with E-state index >= 15 is 0 Å². The van der Waals surface area contributed by atoms with Gasteiger partial charge in [0.1, 0.15) is 0 Å². The number of nitrogens with one attached hydrogen (secondary N) is 1. The Bertz CT molecular complexity index is 281. The Hall–Kier alpha value is -0.610. The zero-order valence-corrected chi connectivity index (χ0v) is 12.5. The van der Waals surface area contributed by atoms with Gasteiger partial charge in [0.05, 0.1) is 6.54 Å². The van der Waals surface area contributed by atoms with E-state index in [1.165, 1.54) is 25.7 Å². The molecule has 0 spiro atoms. The topological polar surface area (TPSA) is 35.6 Å². The molecule has 0 aliphatic carbocycles. The van der Waals surface area contributed by atoms with Gasteiger partial charge >= 0.3 is 0 Å². The van der Waals surface area contributed by atoms with Crippen LogP contribution >= 0.6 is 0 Å². The number of rotatable bonds is 4. The molecule has 0 atom stereocenters. The first kappa shape index (κ1) is 14.8. The van der Waals surface area contributed by atoms with Crippen molar-refractivity contribution in [1.82, 2.24) is 15.1 Å². The van der Waals surface area contributed by atoms with Gasteiger partial charge in [-0.1, -0.05) is 6.92 Å². The van der Waals surface area contributed by atoms with Crippen molar-refractivity contribution in [3.05, 3.63) is 0 Å². The Morgan fingerprint density at radius 1 is 1.21 bits per heavy atom. The molecule has 2 aliphatic heterocycles. The van der Waals surface area contributed by atoms with Gasteiger partial charge in [-0.3, -0.25) is 9.69 Å². The van der Waals surface area contributed by atoms with Crippen molar-refractivity contribution in [3.63, 3.8) is 0 Å². The van der Waals surface area contributed by atoms with E-state index in [0.29, 0.717) is 12.5 Å². The molecule has 4 nitrogen and oxygen atoms in total. The molecule has 2 rings (SSSR count). The zero-order chi connectivity index (χ0) is 13.7. The monoisotopic (exact) mass is 267 g/mol. The predicted molar refractivity (Wildman–Crippen MR) is 78.1 cm³/mol. The summed E-state index contributed by atoms with van der Waals surface area (Å²) in [6, 6.07) is 0. The van der Waals surface area contributed by atoms with Crippen LogP contribution in [0.2, 0.25) is 0 Å². The highest BCUT2D eigenvalue weighted by molar-refractivity contribution is 5.78. The average molecular weight is 267 g/mol. The summed E-state index contributed by atoms with van der Waals surface area (Å²) in [5.41, 5.74) is 0. The maximum absolute atomic E-state index is 12.2. The van der Waals surface area contributed by atoms with Crippen LogP contribution in [0.1, 0.15) is 32.6 Å². The first-order valence-corrected chi connectivity index (χ1v) is 7.82. The summed E-state index contributed by atoms with van der Waals surface area (Å²) in [7, 11) is 2.09. The SMILES string of the molecule is CC1CCN(C(=O)CN(C)CC2CCNCC2)CC1. The van der Waals surface area contributed by atoms with Gasteiger partial charge in [-0.05, 0) is 57.7 Å². The molecule has 0 radical (unpaired) electrons. The minimum Gasteiger partial charge on any atom is -0.342 e. The van der Waals surface area contributed by atoms with E-state index in [1.54, 1.807) is 0 Å². The van der Waals surface area contributed by atoms with Crippen molar-refractivity contribution in [2.24, 2.45) is 11.8 Å². The number of piperidine rings is 2. The molecule has 0 aromatic rings. The minimum atomic E-state index is 0.323. The lowest BCUT2D eigenvalue weighted by atomic mass is 9.97. The van der Waals surface area contributed by atoms with Gasteiger partial charge in [0, 0.05) is 19.6 Å². The van der Waals surface area contributed by atoms with Crippen molar-refractivity contribution in [2.45, 2.75) is 32.6 Å². The molecule has 110 valence electrons. The largest absolute Gasteiger partial charge is 0.342 e. The summed E-state index contributed by atoms with van der Waals surface area (Å²) in [6.45, 7) is 8.14. The highest BCUT2D eigenvalue weighted by Gasteiger charge is 2.22. The summed E-state index contributed by atoms with van der Waals surface area (Å²) >= 11 is 0. The highest BCUT2D eigenvalue weighted by Crippen LogP contribution is 2.17. The van der Waals surface area contributed by atoms with Crippen LogP contribution in [0.3, 0.4) is 0 Å². The normalized spacial score (nSPS) is 23.0. The lowest BCUT2D eigenvalue weighted by Gasteiger charge is -2.32. The summed E-state index contributed by atoms with van der Waals surface area (Å²) in [4.78, 5) is 16.5. The molecule has 2 aliphatic rings. The Morgan fingerprint density at radius 3 is 2.47 bits per heavy atom. The Morgan fingerprint density at radius 2 is 1.84 bits per heavy atom. The minimum absolute atomic E-state index is 0.323. The predicted octanol–water partition coefficient (Wildman–Crippen LogP) is 1.18. The van der Waals surface area contributed by atoms with Gasteiger partial charge in [-0.2, -0.15) is 0 Å². The Labute approximate surface area is 117 Å². The van der Waals surface area contributed by atoms with E-state index in [1.807, 2.05) is 0 Å². The maximum atomic E-state index is 12.2. The van der Waals surface area contributed by atoms with E-state index in [4.69, 9.17) is 0 Å². The molecule has 0 unspecified atom stereocenters. The number of carbonyl (C=O) groups excluding carboxylic acids is 1. The molecule has 0 aromatic heterocycles. The molecule has 0 aromatic carbocycles. The van der Waals surface area contributed by atoms with Gasteiger partial charge in [-0.15, -0.1) is 0 Å². The van der Waals surface area contributed by atoms with Crippen molar-refractivity contribution >= 4 is 5.91 Å². The molecular weight excluding hydrogens is 238 g/mol. The van der Waals surface area contributed by atoms with Crippen LogP contribution in [0.5, 0.6) is 0 Å². The third kappa shape index (κ3) is 4.77.